The first kappa shape index (κ1) is 10.1. The van der Waals surface area contributed by atoms with Gasteiger partial charge in [-0.2, -0.15) is 0 Å². The Balaban J connectivity index is 3.26. The topological polar surface area (TPSA) is 23.8 Å². The first-order chi connectivity index (χ1) is 5.44. The van der Waals surface area contributed by atoms with Gasteiger partial charge in [0.2, 0.25) is 0 Å². The Morgan fingerprint density at radius 3 is 2.33 bits per heavy atom. The summed E-state index contributed by atoms with van der Waals surface area (Å²) in [7, 11) is 0. The summed E-state index contributed by atoms with van der Waals surface area (Å²) < 4.78 is 17.8. The van der Waals surface area contributed by atoms with Crippen molar-refractivity contribution in [1.82, 2.24) is 0 Å². The van der Waals surface area contributed by atoms with E-state index in [1.807, 2.05) is 9.64 Å². The molecule has 0 radical (unpaired) electrons. The van der Waals surface area contributed by atoms with Crippen LogP contribution in [0.2, 0.25) is 4.43 Å². The van der Waals surface area contributed by atoms with Gasteiger partial charge in [-0.05, 0) is 0 Å². The average Bonchev–Trinajstić information content (AvgIpc) is 2.06. The van der Waals surface area contributed by atoms with Crippen molar-refractivity contribution in [3.63, 3.8) is 0 Å². The van der Waals surface area contributed by atoms with Crippen molar-refractivity contribution < 1.29 is 20.6 Å². The molecule has 0 atom stereocenters. The molecule has 1 rings (SSSR count). The van der Waals surface area contributed by atoms with Crippen molar-refractivity contribution in [2.45, 2.75) is 4.43 Å². The second-order valence-corrected chi connectivity index (χ2v) is 47.5. The molecule has 0 N–H and O–H groups in total. The van der Waals surface area contributed by atoms with Crippen LogP contribution < -0.4 is 3.07 Å². The van der Waals surface area contributed by atoms with E-state index in [0.29, 0.717) is 3.07 Å². The maximum absolute atomic E-state index is 14.0. The van der Waals surface area contributed by atoms with Crippen LogP contribution in [-0.2, 0) is 18.1 Å². The molecule has 1 nitrogen and oxygen atoms in total. The van der Waals surface area contributed by atoms with Crippen molar-refractivity contribution >= 4 is 15.0 Å². The van der Waals surface area contributed by atoms with Gasteiger partial charge in [0.15, 0.2) is 0 Å². The molecule has 4 heteroatoms. The normalized spacial score (nSPS) is 12.2. The molecule has 0 saturated heterocycles. The van der Waals surface area contributed by atoms with Crippen molar-refractivity contribution in [2.24, 2.45) is 0 Å². The summed E-state index contributed by atoms with van der Waals surface area (Å²) in [5.74, 6) is 0. The summed E-state index contributed by atoms with van der Waals surface area (Å²) in [5.41, 5.74) is 0. The molecular formula is C8H8BrFHgN. The van der Waals surface area contributed by atoms with E-state index in [9.17, 15) is 2.47 Å². The molecule has 0 aliphatic carbocycles. The number of hydrogen-bond donors (Lipinski definition) is 0. The van der Waals surface area contributed by atoms with Crippen LogP contribution in [0.4, 0.5) is 2.47 Å². The molecule has 1 aromatic carbocycles. The average molecular weight is 418 g/mol. The minimum atomic E-state index is -5.00. The summed E-state index contributed by atoms with van der Waals surface area (Å²) in [6, 6.07) is 8.63. The van der Waals surface area contributed by atoms with Gasteiger partial charge in [0.25, 0.3) is 0 Å². The summed E-state index contributed by atoms with van der Waals surface area (Å²) >= 11 is -2.00. The van der Waals surface area contributed by atoms with Crippen LogP contribution in [-0.4, -0.2) is 0 Å². The quantitative estimate of drug-likeness (QED) is 0.645. The molecular weight excluding hydrogens is 410 g/mol. The first-order valence-corrected chi connectivity index (χ1v) is 29.1. The predicted molar refractivity (Wildman–Crippen MR) is 47.6 cm³/mol. The number of halogens is 2. The Bertz CT molecular complexity index is 322. The van der Waals surface area contributed by atoms with Crippen molar-refractivity contribution in [1.29, 1.82) is 5.26 Å². The van der Waals surface area contributed by atoms with Crippen LogP contribution in [0, 0.1) is 8.84 Å². The van der Waals surface area contributed by atoms with Gasteiger partial charge in [0.1, 0.15) is 0 Å². The van der Waals surface area contributed by atoms with E-state index in [0.717, 1.165) is 0 Å². The molecule has 61 valence electrons. The fourth-order valence-corrected chi connectivity index (χ4v) is 10.3. The van der Waals surface area contributed by atoms with E-state index >= 15 is 0 Å². The van der Waals surface area contributed by atoms with E-state index in [1.165, 1.54) is 4.43 Å². The molecule has 12 heavy (non-hydrogen) atoms. The zero-order valence-electron chi connectivity index (χ0n) is 6.80. The van der Waals surface area contributed by atoms with Crippen molar-refractivity contribution in [2.75, 3.05) is 0 Å². The van der Waals surface area contributed by atoms with Gasteiger partial charge in [0, 0.05) is 0 Å². The van der Waals surface area contributed by atoms with Gasteiger partial charge >= 0.3 is 79.2 Å². The van der Waals surface area contributed by atoms with Gasteiger partial charge in [0.05, 0.1) is 0 Å². The summed E-state index contributed by atoms with van der Waals surface area (Å²) in [6.45, 7) is 0. The number of nitriles is 1. The van der Waals surface area contributed by atoms with Gasteiger partial charge in [-0.1, -0.05) is 0 Å². The van der Waals surface area contributed by atoms with E-state index < -0.39 is 18.1 Å². The number of hydrogen-bond acceptors (Lipinski definition) is 1. The van der Waals surface area contributed by atoms with Gasteiger partial charge in [-0.25, -0.2) is 0 Å². The first-order valence-electron chi connectivity index (χ1n) is 4.08. The molecule has 0 amide bonds. The van der Waals surface area contributed by atoms with Crippen molar-refractivity contribution in [3.05, 3.63) is 30.3 Å². The van der Waals surface area contributed by atoms with Crippen molar-refractivity contribution in [3.8, 4) is 3.58 Å². The van der Waals surface area contributed by atoms with Crippen LogP contribution in [0.15, 0.2) is 30.3 Å². The van der Waals surface area contributed by atoms with E-state index in [4.69, 9.17) is 5.26 Å². The third-order valence-electron chi connectivity index (χ3n) is 2.12. The SMILES string of the molecule is [CH3][Hg]([F])([Br])([C]#N)[c]1ccccc1. The van der Waals surface area contributed by atoms with Gasteiger partial charge < -0.3 is 0 Å². The standard InChI is InChI=1S/C6H5.CN.CH3.BrH.FH.Hg/c1-2-4-6-5-3-1;1-2;;;;/h1-5H;;1H3;2*1H;/q;;;;;+2/p-2. The number of rotatable bonds is 1. The molecule has 0 spiro atoms. The molecule has 0 fully saturated rings. The summed E-state index contributed by atoms with van der Waals surface area (Å²) in [5, 5.41) is 8.74. The third-order valence-corrected chi connectivity index (χ3v) is 21.8. The monoisotopic (exact) mass is 418 g/mol. The Hall–Kier alpha value is 0.0551. The summed E-state index contributed by atoms with van der Waals surface area (Å²) in [6.07, 6.45) is 0. The van der Waals surface area contributed by atoms with E-state index in [1.54, 1.807) is 24.3 Å². The predicted octanol–water partition coefficient (Wildman–Crippen LogP) is 2.73. The third kappa shape index (κ3) is 2.05. The molecule has 0 unspecified atom stereocenters. The Labute approximate surface area is 78.6 Å². The van der Waals surface area contributed by atoms with Crippen LogP contribution in [0.3, 0.4) is 0 Å². The summed E-state index contributed by atoms with van der Waals surface area (Å²) in [4.78, 5) is 0. The van der Waals surface area contributed by atoms with E-state index in [-0.39, 0.29) is 0 Å². The Kier molecular flexibility index (Phi) is 2.60. The molecule has 0 saturated carbocycles. The number of nitrogens with zero attached hydrogens (tertiary/aromatic N) is 1. The fraction of sp³-hybridized carbons (Fsp3) is 0.125. The fourth-order valence-electron chi connectivity index (χ4n) is 1.10. The number of benzene rings is 1. The van der Waals surface area contributed by atoms with Crippen LogP contribution >= 0.6 is 11.9 Å². The molecule has 0 heterocycles. The van der Waals surface area contributed by atoms with Crippen LogP contribution in [0.25, 0.3) is 0 Å². The molecule has 0 bridgehead atoms. The van der Waals surface area contributed by atoms with E-state index in [2.05, 4.69) is 11.9 Å². The second kappa shape index (κ2) is 3.08. The van der Waals surface area contributed by atoms with Crippen LogP contribution in [0.5, 0.6) is 0 Å². The molecule has 0 aromatic heterocycles. The zero-order chi connectivity index (χ0) is 9.27. The molecule has 0 aliphatic rings. The minimum absolute atomic E-state index is 0.536. The Morgan fingerprint density at radius 2 is 1.92 bits per heavy atom. The maximum atomic E-state index is 14.0. The van der Waals surface area contributed by atoms with Gasteiger partial charge in [-0.3, -0.25) is 0 Å². The van der Waals surface area contributed by atoms with Crippen LogP contribution in [0.1, 0.15) is 0 Å². The molecule has 0 aliphatic heterocycles. The van der Waals surface area contributed by atoms with Gasteiger partial charge in [-0.15, -0.1) is 0 Å². The second-order valence-electron chi connectivity index (χ2n) is 3.70. The Morgan fingerprint density at radius 1 is 1.42 bits per heavy atom. The molecule has 1 aromatic rings. The zero-order valence-corrected chi connectivity index (χ0v) is 13.9.